The Morgan fingerprint density at radius 1 is 1.19 bits per heavy atom. The molecule has 0 aliphatic heterocycles. The quantitative estimate of drug-likeness (QED) is 0.224. The summed E-state index contributed by atoms with van der Waals surface area (Å²) in [5, 5.41) is 18.1. The Morgan fingerprint density at radius 3 is 2.58 bits per heavy atom. The van der Waals surface area contributed by atoms with E-state index in [9.17, 15) is 4.79 Å². The summed E-state index contributed by atoms with van der Waals surface area (Å²) in [6, 6.07) is 12.8. The highest BCUT2D eigenvalue weighted by molar-refractivity contribution is 5.88. The van der Waals surface area contributed by atoms with Crippen LogP contribution in [0.15, 0.2) is 53.2 Å². The van der Waals surface area contributed by atoms with Gasteiger partial charge in [0.15, 0.2) is 11.6 Å². The van der Waals surface area contributed by atoms with Crippen molar-refractivity contribution in [3.8, 4) is 5.75 Å². The first-order chi connectivity index (χ1) is 17.0. The molecule has 3 aromatic rings. The summed E-state index contributed by atoms with van der Waals surface area (Å²) in [5.74, 6) is 2.64. The molecule has 9 heteroatoms. The Balaban J connectivity index is 1.47. The van der Waals surface area contributed by atoms with Crippen LogP contribution < -0.4 is 25.7 Å². The van der Waals surface area contributed by atoms with E-state index in [1.54, 1.807) is 22.9 Å². The number of carbonyl (C=O) groups excluding carboxylic acids is 1. The number of anilines is 2. The molecule has 2 amide bonds. The first-order valence-corrected chi connectivity index (χ1v) is 12.2. The molecule has 5 N–H and O–H groups in total. The van der Waals surface area contributed by atoms with Gasteiger partial charge in [-0.25, -0.2) is 9.36 Å². The molecule has 9 nitrogen and oxygen atoms in total. The van der Waals surface area contributed by atoms with Gasteiger partial charge in [-0.15, -0.1) is 0 Å². The monoisotopic (exact) mass is 491 g/mol. The van der Waals surface area contributed by atoms with E-state index < -0.39 is 0 Å². The molecule has 0 saturated heterocycles. The van der Waals surface area contributed by atoms with Crippen LogP contribution in [0, 0.1) is 11.3 Å². The number of nitrogens with two attached hydrogens (primary N) is 1. The van der Waals surface area contributed by atoms with E-state index in [2.05, 4.69) is 15.8 Å². The molecule has 2 heterocycles. The molecule has 1 unspecified atom stereocenters. The van der Waals surface area contributed by atoms with Crippen molar-refractivity contribution in [2.45, 2.75) is 65.0 Å². The van der Waals surface area contributed by atoms with Gasteiger partial charge in [0.1, 0.15) is 18.1 Å². The van der Waals surface area contributed by atoms with Crippen LogP contribution in [0.5, 0.6) is 5.75 Å². The summed E-state index contributed by atoms with van der Waals surface area (Å²) < 4.78 is 13.4. The first kappa shape index (κ1) is 25.2. The topological polar surface area (TPSA) is 130 Å². The number of urea groups is 1. The second-order valence-electron chi connectivity index (χ2n) is 10.5. The van der Waals surface area contributed by atoms with Crippen LogP contribution in [-0.4, -0.2) is 17.0 Å². The number of carbonyl (C=O) groups is 1. The molecule has 0 radical (unpaired) electrons. The molecule has 4 rings (SSSR count). The van der Waals surface area contributed by atoms with Crippen LogP contribution in [0.2, 0.25) is 0 Å². The zero-order valence-electron chi connectivity index (χ0n) is 21.5. The minimum absolute atomic E-state index is 0.0261. The molecule has 0 spiro atoms. The van der Waals surface area contributed by atoms with Gasteiger partial charge in [-0.2, -0.15) is 5.41 Å². The number of rotatable bonds is 5. The highest BCUT2D eigenvalue weighted by Crippen LogP contribution is 2.38. The zero-order valence-corrected chi connectivity index (χ0v) is 21.5. The molecule has 1 aliphatic carbocycles. The van der Waals surface area contributed by atoms with Crippen molar-refractivity contribution in [2.75, 3.05) is 11.1 Å². The average molecular weight is 492 g/mol. The van der Waals surface area contributed by atoms with Gasteiger partial charge in [0.05, 0.1) is 6.04 Å². The normalized spacial score (nSPS) is 17.4. The van der Waals surface area contributed by atoms with Crippen molar-refractivity contribution in [1.82, 2.24) is 10.5 Å². The number of amides is 2. The fraction of sp³-hybridized carbons (Fsp3) is 0.407. The summed E-state index contributed by atoms with van der Waals surface area (Å²) in [4.78, 5) is 12.7. The fourth-order valence-electron chi connectivity index (χ4n) is 4.23. The molecule has 190 valence electrons. The van der Waals surface area contributed by atoms with Gasteiger partial charge < -0.3 is 20.3 Å². The minimum Gasteiger partial charge on any atom is -0.483 e. The van der Waals surface area contributed by atoms with E-state index in [1.807, 2.05) is 65.0 Å². The Morgan fingerprint density at radius 2 is 1.92 bits per heavy atom. The van der Waals surface area contributed by atoms with Crippen LogP contribution in [0.1, 0.15) is 76.5 Å². The van der Waals surface area contributed by atoms with E-state index in [0.717, 1.165) is 11.1 Å². The van der Waals surface area contributed by atoms with Gasteiger partial charge in [0.2, 0.25) is 11.7 Å². The number of nitrogen functional groups attached to an aromatic ring is 1. The van der Waals surface area contributed by atoms with Crippen molar-refractivity contribution in [1.29, 1.82) is 5.41 Å². The summed E-state index contributed by atoms with van der Waals surface area (Å²) in [5.41, 5.74) is 7.93. The van der Waals surface area contributed by atoms with Gasteiger partial charge in [-0.3, -0.25) is 5.32 Å². The lowest BCUT2D eigenvalue weighted by Gasteiger charge is -2.32. The Hall–Kier alpha value is -3.88. The second-order valence-corrected chi connectivity index (χ2v) is 10.5. The van der Waals surface area contributed by atoms with E-state index in [1.165, 1.54) is 0 Å². The third-order valence-corrected chi connectivity index (χ3v) is 6.27. The molecule has 0 fully saturated rings. The number of ether oxygens (including phenoxy) is 1. The maximum atomic E-state index is 12.7. The predicted molar refractivity (Wildman–Crippen MR) is 138 cm³/mol. The van der Waals surface area contributed by atoms with Gasteiger partial charge in [0, 0.05) is 23.5 Å². The molecule has 2 aromatic heterocycles. The number of hydrogen-bond donors (Lipinski definition) is 4. The van der Waals surface area contributed by atoms with Crippen molar-refractivity contribution in [2.24, 2.45) is 5.92 Å². The summed E-state index contributed by atoms with van der Waals surface area (Å²) in [6.45, 7) is 9.97. The maximum absolute atomic E-state index is 12.7. The van der Waals surface area contributed by atoms with Crippen LogP contribution in [0.3, 0.4) is 0 Å². The summed E-state index contributed by atoms with van der Waals surface area (Å²) in [6.07, 6.45) is 3.00. The summed E-state index contributed by atoms with van der Waals surface area (Å²) >= 11 is 0. The van der Waals surface area contributed by atoms with Crippen LogP contribution >= 0.6 is 0 Å². The van der Waals surface area contributed by atoms with Crippen molar-refractivity contribution in [3.05, 3.63) is 65.5 Å². The molecule has 2 atom stereocenters. The number of fused-ring (bicyclic) bond motifs is 1. The lowest BCUT2D eigenvalue weighted by molar-refractivity contribution is -0.545. The Kier molecular flexibility index (Phi) is 7.01. The molecule has 1 aliphatic rings. The standard InChI is InChI=1S/C27H34N6O3/c1-16(2)25(29)33-15-17(10-13-23(33)28)35-21-12-11-20(18-8-6-7-9-19(18)21)30-26(34)31-24-14-22(36-32-24)27(3,4)5/h6-10,13-16,20-21,28-29H,11-12H2,1-5H3,(H2,30,31,32,34)/p+1/t20-,21?/m0/s1. The van der Waals surface area contributed by atoms with Gasteiger partial charge in [-0.05, 0) is 30.0 Å². The van der Waals surface area contributed by atoms with Crippen molar-refractivity contribution < 1.29 is 18.6 Å². The smallest absolute Gasteiger partial charge is 0.320 e. The highest BCUT2D eigenvalue weighted by atomic mass is 16.5. The lowest BCUT2D eigenvalue weighted by atomic mass is 9.85. The van der Waals surface area contributed by atoms with E-state index >= 15 is 0 Å². The van der Waals surface area contributed by atoms with Crippen LogP contribution in [0.25, 0.3) is 0 Å². The number of pyridine rings is 1. The first-order valence-electron chi connectivity index (χ1n) is 12.2. The zero-order chi connectivity index (χ0) is 26.0. The molecular formula is C27H35N6O3+. The van der Waals surface area contributed by atoms with Crippen molar-refractivity contribution >= 4 is 23.5 Å². The number of hydrogen-bond acceptors (Lipinski definition) is 6. The third kappa shape index (κ3) is 5.50. The highest BCUT2D eigenvalue weighted by Gasteiger charge is 2.30. The molecule has 0 bridgehead atoms. The maximum Gasteiger partial charge on any atom is 0.320 e. The van der Waals surface area contributed by atoms with Crippen LogP contribution in [-0.2, 0) is 5.41 Å². The lowest BCUT2D eigenvalue weighted by Crippen LogP contribution is -2.47. The number of aromatic nitrogens is 2. The average Bonchev–Trinajstić information content (AvgIpc) is 3.30. The SMILES string of the molecule is CC(C)C(=N)[n+]1cc(OC2CC[C@H](NC(=O)Nc3cc(C(C)(C)C)on3)c3ccccc32)ccc1N. The summed E-state index contributed by atoms with van der Waals surface area (Å²) in [7, 11) is 0. The Bertz CT molecular complexity index is 1260. The fourth-order valence-corrected chi connectivity index (χ4v) is 4.23. The molecule has 36 heavy (non-hydrogen) atoms. The van der Waals surface area contributed by atoms with E-state index in [-0.39, 0.29) is 29.5 Å². The van der Waals surface area contributed by atoms with E-state index in [0.29, 0.717) is 41.8 Å². The van der Waals surface area contributed by atoms with Crippen molar-refractivity contribution in [3.63, 3.8) is 0 Å². The minimum atomic E-state index is -0.338. The molecular weight excluding hydrogens is 456 g/mol. The largest absolute Gasteiger partial charge is 0.483 e. The van der Waals surface area contributed by atoms with Gasteiger partial charge in [0.25, 0.3) is 0 Å². The second kappa shape index (κ2) is 10.0. The third-order valence-electron chi connectivity index (χ3n) is 6.27. The van der Waals surface area contributed by atoms with Gasteiger partial charge >= 0.3 is 6.03 Å². The number of nitrogens with one attached hydrogen (secondary N) is 3. The number of nitrogens with zero attached hydrogens (tertiary/aromatic N) is 2. The molecule has 1 aromatic carbocycles. The predicted octanol–water partition coefficient (Wildman–Crippen LogP) is 5.10. The Labute approximate surface area is 211 Å². The van der Waals surface area contributed by atoms with E-state index in [4.69, 9.17) is 20.4 Å². The van der Waals surface area contributed by atoms with Crippen LogP contribution in [0.4, 0.5) is 16.4 Å². The molecule has 0 saturated carbocycles. The number of benzene rings is 1. The van der Waals surface area contributed by atoms with Gasteiger partial charge in [-0.1, -0.05) is 64.0 Å².